The second-order valence-electron chi connectivity index (χ2n) is 3.70. The van der Waals surface area contributed by atoms with E-state index in [2.05, 4.69) is 15.5 Å². The summed E-state index contributed by atoms with van der Waals surface area (Å²) in [4.78, 5) is 14.8. The molecule has 0 fully saturated rings. The lowest BCUT2D eigenvalue weighted by atomic mass is 10.1. The Balaban J connectivity index is 2.13. The second kappa shape index (κ2) is 4.74. The number of rotatable bonds is 4. The molecule has 0 aliphatic rings. The summed E-state index contributed by atoms with van der Waals surface area (Å²) < 4.78 is 4.92. The lowest BCUT2D eigenvalue weighted by Crippen LogP contribution is -2.05. The third kappa shape index (κ3) is 2.57. The summed E-state index contributed by atoms with van der Waals surface area (Å²) in [7, 11) is 0. The smallest absolute Gasteiger partial charge is 0.335 e. The van der Waals surface area contributed by atoms with Gasteiger partial charge in [-0.3, -0.25) is 0 Å². The Bertz CT molecular complexity index is 579. The molecule has 18 heavy (non-hydrogen) atoms. The Morgan fingerprint density at radius 1 is 1.56 bits per heavy atom. The number of carbonyl (C=O) groups is 1. The van der Waals surface area contributed by atoms with Crippen molar-refractivity contribution in [2.24, 2.45) is 0 Å². The first-order valence-corrected chi connectivity index (χ1v) is 5.22. The van der Waals surface area contributed by atoms with Gasteiger partial charge in [-0.25, -0.2) is 4.79 Å². The molecule has 0 atom stereocenters. The van der Waals surface area contributed by atoms with Gasteiger partial charge in [-0.05, 0) is 25.1 Å². The minimum atomic E-state index is -1.01. The Morgan fingerprint density at radius 3 is 2.94 bits per heavy atom. The molecule has 1 heterocycles. The third-order valence-electron chi connectivity index (χ3n) is 2.30. The van der Waals surface area contributed by atoms with E-state index in [0.717, 1.165) is 0 Å². The van der Waals surface area contributed by atoms with Gasteiger partial charge in [0, 0.05) is 0 Å². The molecular weight excluding hydrogens is 236 g/mol. The summed E-state index contributed by atoms with van der Waals surface area (Å²) >= 11 is 0. The molecular formula is C11H12N4O3. The van der Waals surface area contributed by atoms with Crippen molar-refractivity contribution in [1.82, 2.24) is 10.1 Å². The van der Waals surface area contributed by atoms with E-state index in [0.29, 0.717) is 23.1 Å². The van der Waals surface area contributed by atoms with Crippen molar-refractivity contribution in [3.63, 3.8) is 0 Å². The number of carboxylic acids is 1. The van der Waals surface area contributed by atoms with Gasteiger partial charge in [0.15, 0.2) is 5.82 Å². The predicted molar refractivity (Wildman–Crippen MR) is 64.2 cm³/mol. The van der Waals surface area contributed by atoms with Crippen LogP contribution in [0.1, 0.15) is 22.1 Å². The Labute approximate surface area is 103 Å². The van der Waals surface area contributed by atoms with Crippen LogP contribution in [0.3, 0.4) is 0 Å². The molecule has 2 rings (SSSR count). The fourth-order valence-corrected chi connectivity index (χ4v) is 1.43. The topological polar surface area (TPSA) is 114 Å². The van der Waals surface area contributed by atoms with Crippen LogP contribution in [0.25, 0.3) is 0 Å². The van der Waals surface area contributed by atoms with E-state index in [1.807, 2.05) is 0 Å². The predicted octanol–water partition coefficient (Wildman–Crippen LogP) is 1.27. The third-order valence-corrected chi connectivity index (χ3v) is 2.30. The van der Waals surface area contributed by atoms with Crippen molar-refractivity contribution in [3.05, 3.63) is 35.5 Å². The van der Waals surface area contributed by atoms with Crippen molar-refractivity contribution in [2.75, 3.05) is 11.1 Å². The Morgan fingerprint density at radius 2 is 2.33 bits per heavy atom. The lowest BCUT2D eigenvalue weighted by Gasteiger charge is -2.07. The highest BCUT2D eigenvalue weighted by molar-refractivity contribution is 5.90. The monoisotopic (exact) mass is 248 g/mol. The number of nitrogens with two attached hydrogens (primary N) is 1. The maximum Gasteiger partial charge on any atom is 0.335 e. The second-order valence-corrected chi connectivity index (χ2v) is 3.70. The highest BCUT2D eigenvalue weighted by atomic mass is 16.5. The van der Waals surface area contributed by atoms with Crippen molar-refractivity contribution >= 4 is 17.3 Å². The van der Waals surface area contributed by atoms with E-state index in [1.54, 1.807) is 6.92 Å². The number of anilines is 2. The molecule has 0 amide bonds. The number of carboxylic acid groups (broad SMARTS) is 1. The van der Waals surface area contributed by atoms with Gasteiger partial charge in [0.05, 0.1) is 23.5 Å². The van der Waals surface area contributed by atoms with E-state index in [4.69, 9.17) is 15.4 Å². The summed E-state index contributed by atoms with van der Waals surface area (Å²) in [5.74, 6) is -0.0571. The van der Waals surface area contributed by atoms with Crippen LogP contribution in [-0.4, -0.2) is 21.2 Å². The maximum absolute atomic E-state index is 10.8. The average Bonchev–Trinajstić information content (AvgIpc) is 2.74. The van der Waals surface area contributed by atoms with Gasteiger partial charge in [-0.2, -0.15) is 4.98 Å². The maximum atomic E-state index is 10.8. The molecule has 0 radical (unpaired) electrons. The fraction of sp³-hybridized carbons (Fsp3) is 0.182. The summed E-state index contributed by atoms with van der Waals surface area (Å²) in [5, 5.41) is 15.5. The molecule has 0 saturated heterocycles. The molecule has 0 saturated carbocycles. The van der Waals surface area contributed by atoms with Gasteiger partial charge in [0.2, 0.25) is 5.89 Å². The number of aryl methyl sites for hydroxylation is 1. The van der Waals surface area contributed by atoms with Crippen LogP contribution < -0.4 is 11.1 Å². The van der Waals surface area contributed by atoms with Crippen molar-refractivity contribution in [1.29, 1.82) is 0 Å². The first kappa shape index (κ1) is 11.9. The van der Waals surface area contributed by atoms with Crippen LogP contribution in [-0.2, 0) is 6.54 Å². The molecule has 1 aromatic carbocycles. The van der Waals surface area contributed by atoms with E-state index in [1.165, 1.54) is 18.2 Å². The van der Waals surface area contributed by atoms with Crippen LogP contribution in [0.15, 0.2) is 22.7 Å². The Hall–Kier alpha value is -2.57. The number of nitrogens with zero attached hydrogens (tertiary/aromatic N) is 2. The number of aromatic carboxylic acids is 1. The van der Waals surface area contributed by atoms with Crippen LogP contribution in [0, 0.1) is 6.92 Å². The molecule has 2 aromatic rings. The lowest BCUT2D eigenvalue weighted by molar-refractivity contribution is 0.0697. The van der Waals surface area contributed by atoms with Gasteiger partial charge in [0.1, 0.15) is 0 Å². The molecule has 0 aliphatic carbocycles. The zero-order valence-electron chi connectivity index (χ0n) is 9.67. The number of aromatic nitrogens is 2. The zero-order chi connectivity index (χ0) is 13.1. The van der Waals surface area contributed by atoms with Gasteiger partial charge in [-0.1, -0.05) is 5.16 Å². The first-order chi connectivity index (χ1) is 8.56. The number of hydrogen-bond donors (Lipinski definition) is 3. The fourth-order valence-electron chi connectivity index (χ4n) is 1.43. The average molecular weight is 248 g/mol. The van der Waals surface area contributed by atoms with Crippen LogP contribution >= 0.6 is 0 Å². The molecule has 7 heteroatoms. The highest BCUT2D eigenvalue weighted by Gasteiger charge is 2.08. The van der Waals surface area contributed by atoms with Crippen molar-refractivity contribution < 1.29 is 14.4 Å². The number of nitrogen functional groups attached to an aromatic ring is 1. The minimum absolute atomic E-state index is 0.161. The van der Waals surface area contributed by atoms with Gasteiger partial charge in [-0.15, -0.1) is 0 Å². The summed E-state index contributed by atoms with van der Waals surface area (Å²) in [5.41, 5.74) is 6.87. The molecule has 0 spiro atoms. The number of benzene rings is 1. The van der Waals surface area contributed by atoms with Crippen molar-refractivity contribution in [2.45, 2.75) is 13.5 Å². The molecule has 0 unspecified atom stereocenters. The first-order valence-electron chi connectivity index (χ1n) is 5.22. The van der Waals surface area contributed by atoms with Gasteiger partial charge in [0.25, 0.3) is 0 Å². The summed E-state index contributed by atoms with van der Waals surface area (Å²) in [6, 6.07) is 4.44. The minimum Gasteiger partial charge on any atom is -0.478 e. The van der Waals surface area contributed by atoms with Gasteiger partial charge < -0.3 is 20.7 Å². The SMILES string of the molecule is Cc1noc(CNc2cc(C(=O)O)ccc2N)n1. The highest BCUT2D eigenvalue weighted by Crippen LogP contribution is 2.20. The molecule has 7 nitrogen and oxygen atoms in total. The van der Waals surface area contributed by atoms with E-state index in [-0.39, 0.29) is 12.1 Å². The summed E-state index contributed by atoms with van der Waals surface area (Å²) in [6.07, 6.45) is 0. The standard InChI is InChI=1S/C11H12N4O3/c1-6-14-10(18-15-6)5-13-9-4-7(11(16)17)2-3-8(9)12/h2-4,13H,5,12H2,1H3,(H,16,17). The van der Waals surface area contributed by atoms with E-state index >= 15 is 0 Å². The molecule has 94 valence electrons. The summed E-state index contributed by atoms with van der Waals surface area (Å²) in [6.45, 7) is 2.00. The van der Waals surface area contributed by atoms with Crippen LogP contribution in [0.5, 0.6) is 0 Å². The van der Waals surface area contributed by atoms with E-state index in [9.17, 15) is 4.79 Å². The number of nitrogens with one attached hydrogen (secondary N) is 1. The van der Waals surface area contributed by atoms with Crippen molar-refractivity contribution in [3.8, 4) is 0 Å². The molecule has 0 aliphatic heterocycles. The van der Waals surface area contributed by atoms with E-state index < -0.39 is 5.97 Å². The van der Waals surface area contributed by atoms with Crippen LogP contribution in [0.2, 0.25) is 0 Å². The van der Waals surface area contributed by atoms with Crippen LogP contribution in [0.4, 0.5) is 11.4 Å². The molecule has 4 N–H and O–H groups in total. The molecule has 0 bridgehead atoms. The molecule has 1 aromatic heterocycles. The normalized spacial score (nSPS) is 10.3. The number of hydrogen-bond acceptors (Lipinski definition) is 6. The van der Waals surface area contributed by atoms with Gasteiger partial charge >= 0.3 is 5.97 Å². The Kier molecular flexibility index (Phi) is 3.13. The quantitative estimate of drug-likeness (QED) is 0.698. The largest absolute Gasteiger partial charge is 0.478 e. The zero-order valence-corrected chi connectivity index (χ0v) is 9.67.